The number of rotatable bonds is 5. The highest BCUT2D eigenvalue weighted by Gasteiger charge is 2.20. The zero-order chi connectivity index (χ0) is 13.8. The predicted octanol–water partition coefficient (Wildman–Crippen LogP) is 1.96. The van der Waals surface area contributed by atoms with E-state index in [2.05, 4.69) is 5.32 Å². The van der Waals surface area contributed by atoms with E-state index < -0.39 is 0 Å². The van der Waals surface area contributed by atoms with E-state index in [1.807, 2.05) is 32.0 Å². The molecule has 0 spiro atoms. The van der Waals surface area contributed by atoms with Gasteiger partial charge in [0.25, 0.3) is 5.91 Å². The normalized spacial score (nSPS) is 18.8. The maximum absolute atomic E-state index is 11.6. The fourth-order valence-corrected chi connectivity index (χ4v) is 2.23. The van der Waals surface area contributed by atoms with Gasteiger partial charge in [0, 0.05) is 6.04 Å². The largest absolute Gasteiger partial charge is 0.484 e. The van der Waals surface area contributed by atoms with Crippen molar-refractivity contribution in [2.75, 3.05) is 6.61 Å². The van der Waals surface area contributed by atoms with Crippen LogP contribution in [0.5, 0.6) is 5.75 Å². The molecular weight excluding hydrogens is 242 g/mol. The van der Waals surface area contributed by atoms with Crippen molar-refractivity contribution in [3.05, 3.63) is 29.3 Å². The van der Waals surface area contributed by atoms with Gasteiger partial charge in [-0.1, -0.05) is 13.0 Å². The van der Waals surface area contributed by atoms with Crippen LogP contribution in [-0.2, 0) is 11.2 Å². The minimum atomic E-state index is -0.349. The molecule has 1 aliphatic carbocycles. The number of hydrogen-bond acceptors (Lipinski definition) is 3. The molecule has 0 heterocycles. The Morgan fingerprint density at radius 2 is 2.37 bits per heavy atom. The molecule has 0 fully saturated rings. The Labute approximate surface area is 113 Å². The van der Waals surface area contributed by atoms with Gasteiger partial charge in [-0.25, -0.2) is 0 Å². The second-order valence-electron chi connectivity index (χ2n) is 5.08. The fourth-order valence-electron chi connectivity index (χ4n) is 2.23. The Morgan fingerprint density at radius 1 is 1.58 bits per heavy atom. The van der Waals surface area contributed by atoms with Gasteiger partial charge in [-0.2, -0.15) is 0 Å². The molecule has 2 rings (SSSR count). The maximum Gasteiger partial charge on any atom is 0.258 e. The van der Waals surface area contributed by atoms with Crippen LogP contribution in [0, 0.1) is 0 Å². The molecule has 0 saturated heterocycles. The summed E-state index contributed by atoms with van der Waals surface area (Å²) in [4.78, 5) is 11.6. The molecule has 0 aromatic heterocycles. The number of aryl methyl sites for hydroxylation is 1. The Morgan fingerprint density at radius 3 is 3.11 bits per heavy atom. The molecule has 0 aliphatic heterocycles. The van der Waals surface area contributed by atoms with Gasteiger partial charge in [0.2, 0.25) is 0 Å². The van der Waals surface area contributed by atoms with Gasteiger partial charge < -0.3 is 15.2 Å². The highest BCUT2D eigenvalue weighted by atomic mass is 16.5. The van der Waals surface area contributed by atoms with Crippen molar-refractivity contribution < 1.29 is 14.6 Å². The minimum absolute atomic E-state index is 0.0334. The molecule has 1 aromatic carbocycles. The van der Waals surface area contributed by atoms with E-state index in [9.17, 15) is 9.90 Å². The molecule has 0 radical (unpaired) electrons. The molecule has 0 bridgehead atoms. The van der Waals surface area contributed by atoms with Gasteiger partial charge in [0.1, 0.15) is 5.75 Å². The molecule has 2 N–H and O–H groups in total. The van der Waals surface area contributed by atoms with Crippen LogP contribution in [0.4, 0.5) is 0 Å². The van der Waals surface area contributed by atoms with E-state index in [-0.39, 0.29) is 24.7 Å². The number of benzene rings is 1. The lowest BCUT2D eigenvalue weighted by molar-refractivity contribution is -0.123. The van der Waals surface area contributed by atoms with Crippen molar-refractivity contribution in [3.63, 3.8) is 0 Å². The number of aliphatic hydroxyl groups is 1. The number of hydrogen-bond donors (Lipinski definition) is 2. The molecule has 4 nitrogen and oxygen atoms in total. The lowest BCUT2D eigenvalue weighted by Crippen LogP contribution is -2.35. The number of amides is 1. The van der Waals surface area contributed by atoms with Crippen molar-refractivity contribution in [1.82, 2.24) is 5.32 Å². The van der Waals surface area contributed by atoms with Gasteiger partial charge in [-0.05, 0) is 49.4 Å². The van der Waals surface area contributed by atoms with E-state index >= 15 is 0 Å². The first-order chi connectivity index (χ1) is 9.10. The molecule has 1 aliphatic rings. The monoisotopic (exact) mass is 263 g/mol. The van der Waals surface area contributed by atoms with Crippen LogP contribution in [0.2, 0.25) is 0 Å². The molecular formula is C15H21NO3. The first kappa shape index (κ1) is 13.9. The molecule has 4 heteroatoms. The van der Waals surface area contributed by atoms with Crippen LogP contribution in [-0.4, -0.2) is 23.7 Å². The summed E-state index contributed by atoms with van der Waals surface area (Å²) in [6, 6.07) is 5.78. The molecule has 19 heavy (non-hydrogen) atoms. The Balaban J connectivity index is 1.89. The Hall–Kier alpha value is -1.55. The summed E-state index contributed by atoms with van der Waals surface area (Å²) >= 11 is 0. The van der Waals surface area contributed by atoms with E-state index in [1.54, 1.807) is 0 Å². The molecule has 0 saturated carbocycles. The lowest BCUT2D eigenvalue weighted by atomic mass is 10.1. The highest BCUT2D eigenvalue weighted by Crippen LogP contribution is 2.33. The number of nitrogens with one attached hydrogen (secondary N) is 1. The van der Waals surface area contributed by atoms with Crippen molar-refractivity contribution in [3.8, 4) is 5.75 Å². The van der Waals surface area contributed by atoms with Crippen molar-refractivity contribution in [1.29, 1.82) is 0 Å². The number of carbonyl (C=O) groups excluding carboxylic acids is 1. The quantitative estimate of drug-likeness (QED) is 0.853. The van der Waals surface area contributed by atoms with E-state index in [0.29, 0.717) is 5.75 Å². The smallest absolute Gasteiger partial charge is 0.258 e. The van der Waals surface area contributed by atoms with Crippen LogP contribution in [0.25, 0.3) is 0 Å². The minimum Gasteiger partial charge on any atom is -0.484 e. The average molecular weight is 263 g/mol. The van der Waals surface area contributed by atoms with Gasteiger partial charge >= 0.3 is 0 Å². The zero-order valence-electron chi connectivity index (χ0n) is 11.5. The maximum atomic E-state index is 11.6. The number of fused-ring (bicyclic) bond motifs is 1. The summed E-state index contributed by atoms with van der Waals surface area (Å²) < 4.78 is 5.48. The molecule has 2 unspecified atom stereocenters. The molecule has 2 atom stereocenters. The van der Waals surface area contributed by atoms with Crippen LogP contribution < -0.4 is 10.1 Å². The van der Waals surface area contributed by atoms with Gasteiger partial charge in [0.15, 0.2) is 6.61 Å². The zero-order valence-corrected chi connectivity index (χ0v) is 11.5. The first-order valence-electron chi connectivity index (χ1n) is 6.83. The number of ether oxygens (including phenoxy) is 1. The summed E-state index contributed by atoms with van der Waals surface area (Å²) in [6.07, 6.45) is 2.19. The van der Waals surface area contributed by atoms with Crippen molar-refractivity contribution in [2.24, 2.45) is 0 Å². The van der Waals surface area contributed by atoms with Gasteiger partial charge in [-0.3, -0.25) is 4.79 Å². The topological polar surface area (TPSA) is 58.6 Å². The van der Waals surface area contributed by atoms with Crippen LogP contribution in [0.3, 0.4) is 0 Å². The summed E-state index contributed by atoms with van der Waals surface area (Å²) in [5.41, 5.74) is 2.10. The van der Waals surface area contributed by atoms with Crippen LogP contribution >= 0.6 is 0 Å². The third-order valence-corrected chi connectivity index (χ3v) is 3.55. The first-order valence-corrected chi connectivity index (χ1v) is 6.83. The molecule has 1 amide bonds. The van der Waals surface area contributed by atoms with Crippen molar-refractivity contribution >= 4 is 5.91 Å². The summed E-state index contributed by atoms with van der Waals surface area (Å²) in [5.74, 6) is 0.585. The average Bonchev–Trinajstić information content (AvgIpc) is 2.77. The fraction of sp³-hybridized carbons (Fsp3) is 0.533. The van der Waals surface area contributed by atoms with Crippen molar-refractivity contribution in [2.45, 2.75) is 45.3 Å². The molecule has 1 aromatic rings. The predicted molar refractivity (Wildman–Crippen MR) is 73.1 cm³/mol. The Kier molecular flexibility index (Phi) is 4.43. The highest BCUT2D eigenvalue weighted by molar-refractivity contribution is 5.77. The standard InChI is InChI=1S/C15H21NO3/c1-3-10(2)16-15(18)9-19-12-5-6-13-11(8-12)4-7-14(13)17/h5-6,8,10,14,17H,3-4,7,9H2,1-2H3,(H,16,18). The second kappa shape index (κ2) is 6.06. The van der Waals surface area contributed by atoms with Crippen LogP contribution in [0.1, 0.15) is 43.9 Å². The lowest BCUT2D eigenvalue weighted by Gasteiger charge is -2.12. The number of carbonyl (C=O) groups is 1. The summed E-state index contributed by atoms with van der Waals surface area (Å²) in [5, 5.41) is 12.6. The number of aliphatic hydroxyl groups excluding tert-OH is 1. The molecule has 104 valence electrons. The van der Waals surface area contributed by atoms with Gasteiger partial charge in [-0.15, -0.1) is 0 Å². The SMILES string of the molecule is CCC(C)NC(=O)COc1ccc2c(c1)CCC2O. The summed E-state index contributed by atoms with van der Waals surface area (Å²) in [6.45, 7) is 4.03. The summed E-state index contributed by atoms with van der Waals surface area (Å²) in [7, 11) is 0. The van der Waals surface area contributed by atoms with Gasteiger partial charge in [0.05, 0.1) is 6.10 Å². The van der Waals surface area contributed by atoms with Crippen LogP contribution in [0.15, 0.2) is 18.2 Å². The van der Waals surface area contributed by atoms with E-state index in [1.165, 1.54) is 0 Å². The second-order valence-corrected chi connectivity index (χ2v) is 5.08. The van der Waals surface area contributed by atoms with E-state index in [4.69, 9.17) is 4.74 Å². The third-order valence-electron chi connectivity index (χ3n) is 3.55. The van der Waals surface area contributed by atoms with E-state index in [0.717, 1.165) is 30.4 Å². The third kappa shape index (κ3) is 3.47. The Bertz CT molecular complexity index is 459.